The third kappa shape index (κ3) is 3.53. The molecule has 0 bridgehead atoms. The van der Waals surface area contributed by atoms with Crippen LogP contribution in [-0.4, -0.2) is 0 Å². The molecule has 0 N–H and O–H groups in total. The Morgan fingerprint density at radius 1 is 0.950 bits per heavy atom. The van der Waals surface area contributed by atoms with Gasteiger partial charge in [-0.05, 0) is 60.9 Å². The van der Waals surface area contributed by atoms with Gasteiger partial charge in [-0.15, -0.1) is 0 Å². The average molecular weight is 280 g/mol. The van der Waals surface area contributed by atoms with Gasteiger partial charge in [-0.2, -0.15) is 13.2 Å². The maximum Gasteiger partial charge on any atom is 0.416 e. The van der Waals surface area contributed by atoms with Crippen molar-refractivity contribution >= 4 is 0 Å². The van der Waals surface area contributed by atoms with Crippen LogP contribution in [0.1, 0.15) is 23.6 Å². The molecule has 2 rings (SSSR count). The molecule has 0 aliphatic heterocycles. The molecule has 0 radical (unpaired) electrons. The van der Waals surface area contributed by atoms with Gasteiger partial charge in [-0.3, -0.25) is 0 Å². The number of halogens is 3. The zero-order valence-corrected chi connectivity index (χ0v) is 11.3. The molecule has 0 heterocycles. The fraction of sp³-hybridized carbons (Fsp3) is 0.250. The van der Waals surface area contributed by atoms with Crippen LogP contribution in [0.25, 0.3) is 0 Å². The van der Waals surface area contributed by atoms with Crippen LogP contribution < -0.4 is 4.74 Å². The molecular weight excluding hydrogens is 265 g/mol. The van der Waals surface area contributed by atoms with E-state index in [1.54, 1.807) is 0 Å². The molecular formula is C16H15F3O. The molecule has 20 heavy (non-hydrogen) atoms. The van der Waals surface area contributed by atoms with Gasteiger partial charge >= 0.3 is 6.18 Å². The highest BCUT2D eigenvalue weighted by molar-refractivity contribution is 5.38. The molecule has 0 aliphatic carbocycles. The first-order chi connectivity index (χ1) is 9.38. The van der Waals surface area contributed by atoms with Crippen molar-refractivity contribution in [1.29, 1.82) is 0 Å². The van der Waals surface area contributed by atoms with Gasteiger partial charge in [-0.1, -0.05) is 13.0 Å². The van der Waals surface area contributed by atoms with E-state index in [4.69, 9.17) is 4.74 Å². The van der Waals surface area contributed by atoms with Crippen molar-refractivity contribution in [3.05, 3.63) is 59.2 Å². The van der Waals surface area contributed by atoms with E-state index >= 15 is 0 Å². The summed E-state index contributed by atoms with van der Waals surface area (Å²) in [5.41, 5.74) is 1.52. The Morgan fingerprint density at radius 3 is 2.15 bits per heavy atom. The zero-order valence-electron chi connectivity index (χ0n) is 11.3. The predicted molar refractivity (Wildman–Crippen MR) is 72.1 cm³/mol. The van der Waals surface area contributed by atoms with Crippen LogP contribution in [0.4, 0.5) is 13.2 Å². The summed E-state index contributed by atoms with van der Waals surface area (Å²) in [5, 5.41) is 0. The molecule has 2 aromatic rings. The molecule has 106 valence electrons. The number of benzene rings is 2. The van der Waals surface area contributed by atoms with E-state index in [2.05, 4.69) is 6.07 Å². The first-order valence-electron chi connectivity index (χ1n) is 6.34. The van der Waals surface area contributed by atoms with E-state index in [-0.39, 0.29) is 0 Å². The van der Waals surface area contributed by atoms with E-state index in [0.717, 1.165) is 29.7 Å². The van der Waals surface area contributed by atoms with Crippen molar-refractivity contribution in [1.82, 2.24) is 0 Å². The first-order valence-corrected chi connectivity index (χ1v) is 6.34. The molecule has 0 saturated heterocycles. The number of hydrogen-bond acceptors (Lipinski definition) is 1. The largest absolute Gasteiger partial charge is 0.457 e. The van der Waals surface area contributed by atoms with E-state index in [9.17, 15) is 13.2 Å². The highest BCUT2D eigenvalue weighted by Crippen LogP contribution is 2.31. The lowest BCUT2D eigenvalue weighted by molar-refractivity contribution is -0.137. The zero-order chi connectivity index (χ0) is 14.8. The minimum atomic E-state index is -4.32. The van der Waals surface area contributed by atoms with Gasteiger partial charge in [-0.25, -0.2) is 0 Å². The van der Waals surface area contributed by atoms with Crippen LogP contribution >= 0.6 is 0 Å². The van der Waals surface area contributed by atoms with Gasteiger partial charge in [0.2, 0.25) is 0 Å². The third-order valence-electron chi connectivity index (χ3n) is 2.94. The second kappa shape index (κ2) is 5.57. The van der Waals surface area contributed by atoms with Crippen molar-refractivity contribution in [3.63, 3.8) is 0 Å². The van der Waals surface area contributed by atoms with Crippen LogP contribution in [-0.2, 0) is 12.6 Å². The molecule has 2 aromatic carbocycles. The molecule has 1 nitrogen and oxygen atoms in total. The van der Waals surface area contributed by atoms with Crippen LogP contribution in [0, 0.1) is 6.92 Å². The van der Waals surface area contributed by atoms with E-state index < -0.39 is 11.7 Å². The first kappa shape index (κ1) is 14.4. The molecule has 0 saturated carbocycles. The summed E-state index contributed by atoms with van der Waals surface area (Å²) in [7, 11) is 0. The summed E-state index contributed by atoms with van der Waals surface area (Å²) >= 11 is 0. The second-order valence-electron chi connectivity index (χ2n) is 4.63. The summed E-state index contributed by atoms with van der Waals surface area (Å²) in [6, 6.07) is 10.5. The molecule has 0 spiro atoms. The fourth-order valence-corrected chi connectivity index (χ4v) is 1.94. The summed E-state index contributed by atoms with van der Waals surface area (Å²) in [6.45, 7) is 4.00. The highest BCUT2D eigenvalue weighted by Gasteiger charge is 2.30. The lowest BCUT2D eigenvalue weighted by Gasteiger charge is -2.10. The predicted octanol–water partition coefficient (Wildman–Crippen LogP) is 5.37. The molecule has 4 heteroatoms. The van der Waals surface area contributed by atoms with Crippen LogP contribution in [0.5, 0.6) is 11.5 Å². The van der Waals surface area contributed by atoms with Crippen molar-refractivity contribution in [3.8, 4) is 11.5 Å². The molecule has 0 amide bonds. The third-order valence-corrected chi connectivity index (χ3v) is 2.94. The molecule has 0 fully saturated rings. The van der Waals surface area contributed by atoms with Crippen molar-refractivity contribution in [2.75, 3.05) is 0 Å². The van der Waals surface area contributed by atoms with Gasteiger partial charge in [0.05, 0.1) is 5.56 Å². The summed E-state index contributed by atoms with van der Waals surface area (Å²) in [6.07, 6.45) is -3.44. The Bertz CT molecular complexity index is 586. The van der Waals surface area contributed by atoms with E-state index in [1.807, 2.05) is 26.0 Å². The Labute approximate surface area is 116 Å². The number of alkyl halides is 3. The van der Waals surface area contributed by atoms with E-state index in [0.29, 0.717) is 11.5 Å². The van der Waals surface area contributed by atoms with E-state index in [1.165, 1.54) is 12.1 Å². The standard InChI is InChI=1S/C16H15F3O/c1-3-12-8-11(2)9-15(10-12)20-14-6-4-13(5-7-14)16(17,18)19/h4-10H,3H2,1-2H3. The van der Waals surface area contributed by atoms with Crippen molar-refractivity contribution < 1.29 is 17.9 Å². The van der Waals surface area contributed by atoms with Gasteiger partial charge in [0.25, 0.3) is 0 Å². The minimum absolute atomic E-state index is 0.394. The lowest BCUT2D eigenvalue weighted by atomic mass is 10.1. The topological polar surface area (TPSA) is 9.23 Å². The lowest BCUT2D eigenvalue weighted by Crippen LogP contribution is -2.04. The summed E-state index contributed by atoms with van der Waals surface area (Å²) < 4.78 is 43.0. The number of rotatable bonds is 3. The summed E-state index contributed by atoms with van der Waals surface area (Å²) in [4.78, 5) is 0. The maximum absolute atomic E-state index is 12.5. The normalized spacial score (nSPS) is 11.4. The van der Waals surface area contributed by atoms with Crippen LogP contribution in [0.15, 0.2) is 42.5 Å². The molecule has 0 aromatic heterocycles. The number of hydrogen-bond donors (Lipinski definition) is 0. The van der Waals surface area contributed by atoms with Gasteiger partial charge in [0.15, 0.2) is 0 Å². The monoisotopic (exact) mass is 280 g/mol. The molecule has 0 aliphatic rings. The van der Waals surface area contributed by atoms with Crippen LogP contribution in [0.3, 0.4) is 0 Å². The maximum atomic E-state index is 12.5. The smallest absolute Gasteiger partial charge is 0.416 e. The van der Waals surface area contributed by atoms with Gasteiger partial charge in [0, 0.05) is 0 Å². The SMILES string of the molecule is CCc1cc(C)cc(Oc2ccc(C(F)(F)F)cc2)c1. The van der Waals surface area contributed by atoms with Gasteiger partial charge in [0.1, 0.15) is 11.5 Å². The minimum Gasteiger partial charge on any atom is -0.457 e. The Kier molecular flexibility index (Phi) is 4.02. The molecule has 0 unspecified atom stereocenters. The quantitative estimate of drug-likeness (QED) is 0.734. The molecule has 0 atom stereocenters. The highest BCUT2D eigenvalue weighted by atomic mass is 19.4. The Balaban J connectivity index is 2.20. The van der Waals surface area contributed by atoms with Gasteiger partial charge < -0.3 is 4.74 Å². The van der Waals surface area contributed by atoms with Crippen molar-refractivity contribution in [2.24, 2.45) is 0 Å². The number of ether oxygens (including phenoxy) is 1. The van der Waals surface area contributed by atoms with Crippen LogP contribution in [0.2, 0.25) is 0 Å². The average Bonchev–Trinajstić information content (AvgIpc) is 2.37. The van der Waals surface area contributed by atoms with Crippen molar-refractivity contribution in [2.45, 2.75) is 26.4 Å². The summed E-state index contributed by atoms with van der Waals surface area (Å²) in [5.74, 6) is 1.03. The second-order valence-corrected chi connectivity index (χ2v) is 4.63. The number of aryl methyl sites for hydroxylation is 2. The fourth-order valence-electron chi connectivity index (χ4n) is 1.94. The Hall–Kier alpha value is -1.97. The Morgan fingerprint density at radius 2 is 1.60 bits per heavy atom.